The Bertz CT molecular complexity index is 1530. The van der Waals surface area contributed by atoms with Crippen LogP contribution in [0.25, 0.3) is 33.4 Å². The summed E-state index contributed by atoms with van der Waals surface area (Å²) in [6.07, 6.45) is 8.00. The number of rotatable bonds is 5. The van der Waals surface area contributed by atoms with E-state index in [1.807, 2.05) is 24.5 Å². The summed E-state index contributed by atoms with van der Waals surface area (Å²) in [7, 11) is -2.87. The van der Waals surface area contributed by atoms with E-state index in [2.05, 4.69) is 57.4 Å². The molecule has 9 heteroatoms. The fourth-order valence-electron chi connectivity index (χ4n) is 5.42. The summed E-state index contributed by atoms with van der Waals surface area (Å²) in [5, 5.41) is 8.05. The summed E-state index contributed by atoms with van der Waals surface area (Å²) in [5.74, 6) is 0.496. The summed E-state index contributed by atoms with van der Waals surface area (Å²) >= 11 is 0. The lowest BCUT2D eigenvalue weighted by atomic mass is 9.97. The number of nitrogens with zero attached hydrogens (tertiary/aromatic N) is 5. The van der Waals surface area contributed by atoms with Crippen molar-refractivity contribution in [3.05, 3.63) is 66.1 Å². The molecule has 0 atom stereocenters. The molecule has 2 saturated heterocycles. The molecular formula is C28H32N6O2S. The van der Waals surface area contributed by atoms with E-state index in [9.17, 15) is 8.42 Å². The molecule has 4 heterocycles. The number of hydrogen-bond donors (Lipinski definition) is 1. The predicted molar refractivity (Wildman–Crippen MR) is 146 cm³/mol. The second kappa shape index (κ2) is 9.96. The molecule has 1 N–H and O–H groups in total. The molecule has 192 valence electrons. The number of aryl methyl sites for hydroxylation is 1. The maximum atomic E-state index is 11.8. The average Bonchev–Trinajstić information content (AvgIpc) is 3.41. The maximum absolute atomic E-state index is 11.8. The van der Waals surface area contributed by atoms with Gasteiger partial charge in [-0.2, -0.15) is 5.10 Å². The Kier molecular flexibility index (Phi) is 6.52. The van der Waals surface area contributed by atoms with Crippen molar-refractivity contribution in [1.82, 2.24) is 30.0 Å². The number of nitrogens with one attached hydrogen (secondary N) is 1. The van der Waals surface area contributed by atoms with E-state index in [0.717, 1.165) is 65.9 Å². The number of hydrogen-bond acceptors (Lipinski definition) is 7. The molecule has 0 aliphatic carbocycles. The second-order valence-corrected chi connectivity index (χ2v) is 12.5. The first-order chi connectivity index (χ1) is 17.9. The van der Waals surface area contributed by atoms with Gasteiger partial charge in [0.25, 0.3) is 0 Å². The molecule has 2 fully saturated rings. The van der Waals surface area contributed by atoms with Crippen molar-refractivity contribution in [3.8, 4) is 22.4 Å². The topological polar surface area (TPSA) is 93.0 Å². The lowest BCUT2D eigenvalue weighted by Crippen LogP contribution is -2.39. The van der Waals surface area contributed by atoms with Gasteiger partial charge in [0.05, 0.1) is 46.7 Å². The zero-order valence-corrected chi connectivity index (χ0v) is 21.9. The number of fused-ring (bicyclic) bond motifs is 1. The first-order valence-corrected chi connectivity index (χ1v) is 14.8. The molecule has 0 radical (unpaired) electrons. The van der Waals surface area contributed by atoms with Gasteiger partial charge < -0.3 is 5.32 Å². The van der Waals surface area contributed by atoms with Gasteiger partial charge in [0.1, 0.15) is 0 Å². The minimum Gasteiger partial charge on any atom is -0.317 e. The molecule has 2 aliphatic heterocycles. The van der Waals surface area contributed by atoms with E-state index in [-0.39, 0.29) is 11.5 Å². The van der Waals surface area contributed by atoms with Crippen LogP contribution in [0.1, 0.15) is 30.0 Å². The van der Waals surface area contributed by atoms with E-state index in [1.54, 1.807) is 0 Å². The molecule has 0 unspecified atom stereocenters. The molecule has 8 nitrogen and oxygen atoms in total. The largest absolute Gasteiger partial charge is 0.317 e. The Labute approximate surface area is 217 Å². The van der Waals surface area contributed by atoms with Crippen LogP contribution in [-0.2, 0) is 16.4 Å². The summed E-state index contributed by atoms with van der Waals surface area (Å²) in [6.45, 7) is 6.13. The Balaban J connectivity index is 1.28. The molecule has 0 bridgehead atoms. The molecule has 2 aliphatic rings. The summed E-state index contributed by atoms with van der Waals surface area (Å²) in [4.78, 5) is 12.0. The standard InChI is InChI=1S/C28H32N6O2S/c1-20-15-21(18-33-11-13-37(35,36)14-12-33)5-6-24(20)25-3-2-4-26-28(25)32-27(17-30-26)22-16-31-34(19-22)23-7-9-29-10-8-23/h2-6,15-17,19,23,29H,7-14,18H2,1H3. The van der Waals surface area contributed by atoms with E-state index in [4.69, 9.17) is 9.97 Å². The summed E-state index contributed by atoms with van der Waals surface area (Å²) < 4.78 is 25.6. The van der Waals surface area contributed by atoms with Gasteiger partial charge in [0.15, 0.2) is 9.84 Å². The van der Waals surface area contributed by atoms with Crippen LogP contribution in [-0.4, -0.2) is 70.8 Å². The Morgan fingerprint density at radius 1 is 1.03 bits per heavy atom. The van der Waals surface area contributed by atoms with Crippen molar-refractivity contribution in [1.29, 1.82) is 0 Å². The number of piperidine rings is 1. The lowest BCUT2D eigenvalue weighted by Gasteiger charge is -2.26. The van der Waals surface area contributed by atoms with Crippen molar-refractivity contribution >= 4 is 20.9 Å². The average molecular weight is 517 g/mol. The second-order valence-electron chi connectivity index (χ2n) is 10.2. The van der Waals surface area contributed by atoms with Gasteiger partial charge in [0.2, 0.25) is 0 Å². The quantitative estimate of drug-likeness (QED) is 0.433. The Morgan fingerprint density at radius 2 is 1.84 bits per heavy atom. The van der Waals surface area contributed by atoms with Gasteiger partial charge in [-0.05, 0) is 55.6 Å². The van der Waals surface area contributed by atoms with Crippen molar-refractivity contribution in [2.24, 2.45) is 0 Å². The zero-order chi connectivity index (χ0) is 25.4. The van der Waals surface area contributed by atoms with Gasteiger partial charge in [0, 0.05) is 37.0 Å². The Morgan fingerprint density at radius 3 is 2.62 bits per heavy atom. The van der Waals surface area contributed by atoms with Crippen molar-refractivity contribution < 1.29 is 8.42 Å². The maximum Gasteiger partial charge on any atom is 0.152 e. The Hall–Kier alpha value is -3.14. The minimum absolute atomic E-state index is 0.248. The monoisotopic (exact) mass is 516 g/mol. The first-order valence-electron chi connectivity index (χ1n) is 13.0. The molecule has 0 saturated carbocycles. The van der Waals surface area contributed by atoms with Gasteiger partial charge in [-0.1, -0.05) is 30.3 Å². The zero-order valence-electron chi connectivity index (χ0n) is 21.1. The van der Waals surface area contributed by atoms with Crippen LogP contribution in [0.2, 0.25) is 0 Å². The fourth-order valence-corrected chi connectivity index (χ4v) is 6.70. The summed E-state index contributed by atoms with van der Waals surface area (Å²) in [6, 6.07) is 13.1. The van der Waals surface area contributed by atoms with E-state index >= 15 is 0 Å². The number of benzene rings is 2. The van der Waals surface area contributed by atoms with Crippen LogP contribution in [0.4, 0.5) is 0 Å². The van der Waals surface area contributed by atoms with Crippen LogP contribution in [0, 0.1) is 6.92 Å². The third-order valence-corrected chi connectivity index (χ3v) is 9.19. The van der Waals surface area contributed by atoms with Crippen LogP contribution in [0.5, 0.6) is 0 Å². The van der Waals surface area contributed by atoms with E-state index in [0.29, 0.717) is 19.1 Å². The van der Waals surface area contributed by atoms with Crippen molar-refractivity contribution in [2.75, 3.05) is 37.7 Å². The normalized spacial score (nSPS) is 18.8. The third kappa shape index (κ3) is 5.16. The van der Waals surface area contributed by atoms with Crippen LogP contribution >= 0.6 is 0 Å². The molecule has 2 aromatic heterocycles. The van der Waals surface area contributed by atoms with Crippen molar-refractivity contribution in [2.45, 2.75) is 32.4 Å². The highest BCUT2D eigenvalue weighted by Crippen LogP contribution is 2.32. The lowest BCUT2D eigenvalue weighted by molar-refractivity contribution is 0.287. The smallest absolute Gasteiger partial charge is 0.152 e. The molecule has 0 spiro atoms. The highest BCUT2D eigenvalue weighted by molar-refractivity contribution is 7.91. The molecular weight excluding hydrogens is 484 g/mol. The van der Waals surface area contributed by atoms with Gasteiger partial charge in [-0.25, -0.2) is 13.4 Å². The van der Waals surface area contributed by atoms with E-state index in [1.165, 1.54) is 11.1 Å². The van der Waals surface area contributed by atoms with Gasteiger partial charge >= 0.3 is 0 Å². The SMILES string of the molecule is Cc1cc(CN2CCS(=O)(=O)CC2)ccc1-c1cccc2ncc(-c3cnn(C4CCNCC4)c3)nc12. The summed E-state index contributed by atoms with van der Waals surface area (Å²) in [5.41, 5.74) is 8.11. The third-order valence-electron chi connectivity index (χ3n) is 7.58. The molecule has 37 heavy (non-hydrogen) atoms. The van der Waals surface area contributed by atoms with Crippen LogP contribution in [0.15, 0.2) is 55.0 Å². The number of para-hydroxylation sites is 1. The molecule has 6 rings (SSSR count). The van der Waals surface area contributed by atoms with E-state index < -0.39 is 9.84 Å². The van der Waals surface area contributed by atoms with Crippen LogP contribution in [0.3, 0.4) is 0 Å². The van der Waals surface area contributed by atoms with Crippen molar-refractivity contribution in [3.63, 3.8) is 0 Å². The first kappa shape index (κ1) is 24.2. The highest BCUT2D eigenvalue weighted by atomic mass is 32.2. The number of aromatic nitrogens is 4. The highest BCUT2D eigenvalue weighted by Gasteiger charge is 2.22. The molecule has 4 aromatic rings. The van der Waals surface area contributed by atoms with Crippen LogP contribution < -0.4 is 5.32 Å². The predicted octanol–water partition coefficient (Wildman–Crippen LogP) is 3.62. The molecule has 2 aromatic carbocycles. The van der Waals surface area contributed by atoms with Gasteiger partial charge in [-0.15, -0.1) is 0 Å². The minimum atomic E-state index is -2.87. The number of sulfone groups is 1. The van der Waals surface area contributed by atoms with Gasteiger partial charge in [-0.3, -0.25) is 14.6 Å². The molecule has 0 amide bonds. The fraction of sp³-hybridized carbons (Fsp3) is 0.393.